The average Bonchev–Trinajstić information content (AvgIpc) is 0.725. The van der Waals surface area contributed by atoms with E-state index in [0.29, 0.717) is 75.1 Å². The fourth-order valence-corrected chi connectivity index (χ4v) is 19.7. The first-order chi connectivity index (χ1) is 67.1. The third-order valence-electron chi connectivity index (χ3n) is 28.3. The second-order valence-corrected chi connectivity index (χ2v) is 40.2. The number of ketones is 2. The number of hydrogen-bond acceptors (Lipinski definition) is 10. The van der Waals surface area contributed by atoms with Gasteiger partial charge in [-0.3, -0.25) is 9.59 Å². The van der Waals surface area contributed by atoms with Gasteiger partial charge in [0.2, 0.25) is 0 Å². The van der Waals surface area contributed by atoms with Crippen LogP contribution in [0, 0.1) is 0 Å². The quantitative estimate of drug-likeness (QED) is 0.0342. The van der Waals surface area contributed by atoms with Crippen molar-refractivity contribution < 1.29 is 47.5 Å². The molecule has 10 nitrogen and oxygen atoms in total. The van der Waals surface area contributed by atoms with Crippen LogP contribution in [0.5, 0.6) is 46.0 Å². The highest BCUT2D eigenvalue weighted by Gasteiger charge is 2.32. The number of hydrogen-bond donors (Lipinski definition) is 0. The van der Waals surface area contributed by atoms with Crippen LogP contribution in [0.15, 0.2) is 121 Å². The van der Waals surface area contributed by atoms with Gasteiger partial charge in [0.1, 0.15) is 0 Å². The van der Waals surface area contributed by atoms with Gasteiger partial charge in [0.25, 0.3) is 0 Å². The Bertz CT molecular complexity index is 4000. The molecular formula is C126H188O10. The number of benzene rings is 8. The van der Waals surface area contributed by atoms with Gasteiger partial charge >= 0.3 is 0 Å². The molecule has 9 rings (SSSR count). The molecule has 0 fully saturated rings. The Balaban J connectivity index is 1.15. The maximum absolute atomic E-state index is 16.1. The summed E-state index contributed by atoms with van der Waals surface area (Å²) in [7, 11) is 0. The van der Waals surface area contributed by atoms with Crippen molar-refractivity contribution in [3.63, 3.8) is 0 Å². The monoisotopic (exact) mass is 1860 g/mol. The molecule has 0 spiro atoms. The van der Waals surface area contributed by atoms with Crippen LogP contribution in [-0.4, -0.2) is 64.4 Å². The standard InChI is InChI=1S/C126H188O10/c1-9-17-25-33-41-49-57-65-81-129-117-77-73-101(97-121(117)133-85-69-61-53-45-37-29-21-13-5)109-89-105-93-113-114(94-106(105)90-110(109)102-74-78-118(130-82-66-58-50-42-34-26-18-10-2)122(98-102)134-86-70-62-54-46-38-30-22-14-6)126(128)116-96-108-92-112(104-76-80-120(132-84-68-60-52-44-36-28-20-12-4)124(100-104)136-88-72-64-56-48-40-32-24-16-8)111(91-107(108)95-115(116)125(113)127)103-75-79-119(131-83-67-59-51-43-35-27-19-11-3)123(99-103)135-87-71-63-55-47-39-31-23-15-7/h73-80,89-100H,9-72,81-88H2,1-8H3. The summed E-state index contributed by atoms with van der Waals surface area (Å²) in [5.74, 6) is 5.67. The van der Waals surface area contributed by atoms with Crippen LogP contribution >= 0.6 is 0 Å². The Morgan fingerprint density at radius 3 is 0.412 bits per heavy atom. The van der Waals surface area contributed by atoms with Crippen LogP contribution in [0.1, 0.15) is 498 Å². The summed E-state index contributed by atoms with van der Waals surface area (Å²) in [6.07, 6.45) is 77.9. The highest BCUT2D eigenvalue weighted by molar-refractivity contribution is 6.31. The van der Waals surface area contributed by atoms with Crippen LogP contribution < -0.4 is 37.9 Å². The smallest absolute Gasteiger partial charge is 0.194 e. The summed E-state index contributed by atoms with van der Waals surface area (Å²) >= 11 is 0. The molecule has 0 N–H and O–H groups in total. The molecular weight excluding hydrogens is 1670 g/mol. The van der Waals surface area contributed by atoms with E-state index in [2.05, 4.69) is 152 Å². The van der Waals surface area contributed by atoms with Gasteiger partial charge in [0.15, 0.2) is 57.6 Å². The molecule has 0 atom stereocenters. The van der Waals surface area contributed by atoms with Gasteiger partial charge in [0.05, 0.1) is 52.9 Å². The minimum atomic E-state index is -0.171. The summed E-state index contributed by atoms with van der Waals surface area (Å²) in [6, 6.07) is 42.9. The molecule has 10 heteroatoms. The lowest BCUT2D eigenvalue weighted by molar-refractivity contribution is 0.0979. The van der Waals surface area contributed by atoms with E-state index in [-0.39, 0.29) is 11.6 Å². The van der Waals surface area contributed by atoms with Crippen molar-refractivity contribution in [2.24, 2.45) is 0 Å². The first kappa shape index (κ1) is 112. The molecule has 0 saturated carbocycles. The van der Waals surface area contributed by atoms with Crippen molar-refractivity contribution in [2.75, 3.05) is 52.9 Å². The second kappa shape index (κ2) is 69.8. The lowest BCUT2D eigenvalue weighted by atomic mass is 9.80. The number of unbranched alkanes of at least 4 members (excludes halogenated alkanes) is 56. The fourth-order valence-electron chi connectivity index (χ4n) is 19.7. The maximum atomic E-state index is 16.1. The van der Waals surface area contributed by atoms with Crippen LogP contribution in [0.4, 0.5) is 0 Å². The van der Waals surface area contributed by atoms with Gasteiger partial charge in [-0.2, -0.15) is 0 Å². The summed E-state index contributed by atoms with van der Waals surface area (Å²) in [5, 5.41) is 3.44. The summed E-state index contributed by atoms with van der Waals surface area (Å²) < 4.78 is 54.8. The first-order valence-corrected chi connectivity index (χ1v) is 57.1. The fraction of sp³-hybridized carbons (Fsp3) is 0.635. The van der Waals surface area contributed by atoms with E-state index < -0.39 is 0 Å². The predicted molar refractivity (Wildman–Crippen MR) is 581 cm³/mol. The largest absolute Gasteiger partial charge is 0.490 e. The predicted octanol–water partition coefficient (Wildman–Crippen LogP) is 39.6. The van der Waals surface area contributed by atoms with Crippen molar-refractivity contribution >= 4 is 33.1 Å². The molecule has 0 aliphatic heterocycles. The molecule has 0 bridgehead atoms. The molecule has 0 aromatic heterocycles. The number of carbonyl (C=O) groups excluding carboxylic acids is 2. The SMILES string of the molecule is CCCCCCCCCCOc1ccc(-c2cc3cc4c(cc3cc2-c2ccc(OCCCCCCCCCC)c(OCCCCCCCCCC)c2)C(=O)c2cc3cc(-c5ccc(OCCCCCCCCCC)c(OCCCCCCCCCC)c5)c(-c5ccc(OCCCCCCCCCC)c(OCCCCCCCCCC)c5)cc3cc2C4=O)cc1OCCCCCCCCCC. The van der Waals surface area contributed by atoms with Gasteiger partial charge in [-0.05, 0) is 214 Å². The maximum Gasteiger partial charge on any atom is 0.194 e. The second-order valence-electron chi connectivity index (χ2n) is 40.2. The molecule has 8 aromatic rings. The number of ether oxygens (including phenoxy) is 8. The van der Waals surface area contributed by atoms with E-state index in [4.69, 9.17) is 37.9 Å². The van der Waals surface area contributed by atoms with Crippen molar-refractivity contribution in [1.29, 1.82) is 0 Å². The van der Waals surface area contributed by atoms with E-state index in [9.17, 15) is 0 Å². The number of carbonyl (C=O) groups is 2. The third-order valence-corrected chi connectivity index (χ3v) is 28.3. The Morgan fingerprint density at radius 1 is 0.140 bits per heavy atom. The van der Waals surface area contributed by atoms with Gasteiger partial charge in [0, 0.05) is 22.3 Å². The van der Waals surface area contributed by atoms with E-state index in [0.717, 1.165) is 215 Å². The van der Waals surface area contributed by atoms with Crippen molar-refractivity contribution in [1.82, 2.24) is 0 Å². The van der Waals surface area contributed by atoms with Crippen molar-refractivity contribution in [3.8, 4) is 90.5 Å². The van der Waals surface area contributed by atoms with E-state index in [1.807, 2.05) is 24.3 Å². The van der Waals surface area contributed by atoms with Gasteiger partial charge in [-0.25, -0.2) is 0 Å². The summed E-state index contributed by atoms with van der Waals surface area (Å²) in [5.41, 5.74) is 9.36. The highest BCUT2D eigenvalue weighted by Crippen LogP contribution is 2.47. The molecule has 8 aromatic carbocycles. The molecule has 0 amide bonds. The average molecular weight is 1860 g/mol. The Labute approximate surface area is 828 Å². The van der Waals surface area contributed by atoms with E-state index in [1.165, 1.54) is 308 Å². The molecule has 0 saturated heterocycles. The lowest BCUT2D eigenvalue weighted by Gasteiger charge is -2.22. The van der Waals surface area contributed by atoms with E-state index in [1.54, 1.807) is 0 Å². The molecule has 1 aliphatic carbocycles. The van der Waals surface area contributed by atoms with Crippen LogP contribution in [0.2, 0.25) is 0 Å². The number of fused-ring (bicyclic) bond motifs is 4. The van der Waals surface area contributed by atoms with Crippen molar-refractivity contribution in [3.05, 3.63) is 144 Å². The van der Waals surface area contributed by atoms with Crippen LogP contribution in [0.3, 0.4) is 0 Å². The third kappa shape index (κ3) is 40.7. The Kier molecular flexibility index (Phi) is 57.3. The lowest BCUT2D eigenvalue weighted by Crippen LogP contribution is -2.21. The van der Waals surface area contributed by atoms with E-state index >= 15 is 9.59 Å². The zero-order valence-corrected chi connectivity index (χ0v) is 87.5. The molecule has 0 heterocycles. The van der Waals surface area contributed by atoms with Crippen LogP contribution in [0.25, 0.3) is 66.1 Å². The molecule has 752 valence electrons. The molecule has 0 radical (unpaired) electrons. The highest BCUT2D eigenvalue weighted by atomic mass is 16.5. The number of rotatable bonds is 84. The van der Waals surface area contributed by atoms with Crippen LogP contribution in [-0.2, 0) is 0 Å². The zero-order chi connectivity index (χ0) is 95.7. The molecule has 1 aliphatic rings. The molecule has 136 heavy (non-hydrogen) atoms. The topological polar surface area (TPSA) is 108 Å². The minimum absolute atomic E-state index is 0.171. The Hall–Kier alpha value is -7.98. The van der Waals surface area contributed by atoms with Gasteiger partial charge in [-0.1, -0.05) is 439 Å². The summed E-state index contributed by atoms with van der Waals surface area (Å²) in [4.78, 5) is 32.1. The van der Waals surface area contributed by atoms with Gasteiger partial charge in [-0.15, -0.1) is 0 Å². The summed E-state index contributed by atoms with van der Waals surface area (Å²) in [6.45, 7) is 23.1. The van der Waals surface area contributed by atoms with Gasteiger partial charge < -0.3 is 37.9 Å². The zero-order valence-electron chi connectivity index (χ0n) is 87.5. The molecule has 0 unspecified atom stereocenters. The Morgan fingerprint density at radius 2 is 0.265 bits per heavy atom. The first-order valence-electron chi connectivity index (χ1n) is 57.1. The normalized spacial score (nSPS) is 11.9. The van der Waals surface area contributed by atoms with Crippen molar-refractivity contribution in [2.45, 2.75) is 466 Å². The minimum Gasteiger partial charge on any atom is -0.490 e.